The van der Waals surface area contributed by atoms with Gasteiger partial charge in [-0.1, -0.05) is 29.3 Å². The lowest BCUT2D eigenvalue weighted by Gasteiger charge is -1.98. The van der Waals surface area contributed by atoms with Gasteiger partial charge in [-0.2, -0.15) is 0 Å². The highest BCUT2D eigenvalue weighted by atomic mass is 35.5. The average Bonchev–Trinajstić information content (AvgIpc) is 2.94. The van der Waals surface area contributed by atoms with Gasteiger partial charge in [0.15, 0.2) is 10.2 Å². The van der Waals surface area contributed by atoms with Crippen LogP contribution >= 0.6 is 34.5 Å². The monoisotopic (exact) mass is 342 g/mol. The van der Waals surface area contributed by atoms with Gasteiger partial charge >= 0.3 is 5.97 Å². The number of benzene rings is 1. The zero-order valence-corrected chi connectivity index (χ0v) is 12.5. The third kappa shape index (κ3) is 2.97. The Bertz CT molecular complexity index is 801. The lowest BCUT2D eigenvalue weighted by molar-refractivity contribution is -0.129. The predicted molar refractivity (Wildman–Crippen MR) is 79.1 cm³/mol. The second-order valence-electron chi connectivity index (χ2n) is 3.97. The maximum Gasteiger partial charge on any atom is 0.363 e. The molecule has 4 nitrogen and oxygen atoms in total. The summed E-state index contributed by atoms with van der Waals surface area (Å²) >= 11 is 12.7. The van der Waals surface area contributed by atoms with E-state index in [4.69, 9.17) is 27.9 Å². The van der Waals surface area contributed by atoms with Crippen molar-refractivity contribution >= 4 is 52.5 Å². The third-order valence-corrected chi connectivity index (χ3v) is 4.05. The maximum absolute atomic E-state index is 13.2. The van der Waals surface area contributed by atoms with Crippen LogP contribution in [0.25, 0.3) is 6.08 Å². The Morgan fingerprint density at radius 3 is 2.81 bits per heavy atom. The molecule has 0 atom stereocenters. The van der Waals surface area contributed by atoms with Gasteiger partial charge in [0.1, 0.15) is 11.0 Å². The van der Waals surface area contributed by atoms with Crippen molar-refractivity contribution < 1.29 is 13.9 Å². The Morgan fingerprint density at radius 1 is 1.33 bits per heavy atom. The van der Waals surface area contributed by atoms with Crippen LogP contribution in [0.1, 0.15) is 10.4 Å². The fourth-order valence-electron chi connectivity index (χ4n) is 1.66. The van der Waals surface area contributed by atoms with Crippen molar-refractivity contribution in [2.45, 2.75) is 0 Å². The van der Waals surface area contributed by atoms with Crippen LogP contribution in [0.2, 0.25) is 9.62 Å². The fraction of sp³-hybridized carbons (Fsp3) is 0. The number of carbonyl (C=O) groups is 1. The molecule has 0 N–H and O–H groups in total. The molecule has 0 bridgehead atoms. The normalized spacial score (nSPS) is 16.2. The Hall–Kier alpha value is -1.76. The van der Waals surface area contributed by atoms with Crippen molar-refractivity contribution in [3.8, 4) is 0 Å². The predicted octanol–water partition coefficient (Wildman–Crippen LogP) is 3.93. The van der Waals surface area contributed by atoms with E-state index in [1.807, 2.05) is 0 Å². The second-order valence-corrected chi connectivity index (χ2v) is 5.94. The average molecular weight is 343 g/mol. The van der Waals surface area contributed by atoms with Crippen molar-refractivity contribution in [1.82, 2.24) is 4.98 Å². The molecular weight excluding hydrogens is 338 g/mol. The van der Waals surface area contributed by atoms with E-state index in [0.29, 0.717) is 10.4 Å². The van der Waals surface area contributed by atoms with E-state index in [1.165, 1.54) is 24.3 Å². The van der Waals surface area contributed by atoms with Gasteiger partial charge in [-0.15, -0.1) is 11.3 Å². The van der Waals surface area contributed by atoms with Gasteiger partial charge in [-0.3, -0.25) is 0 Å². The molecule has 2 heterocycles. The first kappa shape index (κ1) is 14.2. The molecule has 106 valence electrons. The van der Waals surface area contributed by atoms with Crippen LogP contribution in [0, 0.1) is 5.82 Å². The molecule has 8 heteroatoms. The molecule has 0 amide bonds. The van der Waals surface area contributed by atoms with E-state index in [0.717, 1.165) is 11.3 Å². The first-order valence-corrected chi connectivity index (χ1v) is 7.20. The zero-order valence-electron chi connectivity index (χ0n) is 10.1. The summed E-state index contributed by atoms with van der Waals surface area (Å²) < 4.78 is 18.4. The molecular formula is C13H5Cl2FN2O2S. The highest BCUT2D eigenvalue weighted by Gasteiger charge is 2.25. The SMILES string of the molecule is O=C1OC(c2cccc(F)c2)=N/C1=C\c1sc(Cl)nc1Cl. The zero-order chi connectivity index (χ0) is 15.0. The van der Waals surface area contributed by atoms with Crippen molar-refractivity contribution in [1.29, 1.82) is 0 Å². The summed E-state index contributed by atoms with van der Waals surface area (Å²) in [5, 5.41) is 0.180. The maximum atomic E-state index is 13.2. The molecule has 2 aromatic rings. The molecule has 0 fully saturated rings. The third-order valence-electron chi connectivity index (χ3n) is 2.54. The Labute approximate surface area is 132 Å². The first-order valence-electron chi connectivity index (χ1n) is 5.63. The van der Waals surface area contributed by atoms with Crippen LogP contribution in [0.3, 0.4) is 0 Å². The smallest absolute Gasteiger partial charge is 0.363 e. The van der Waals surface area contributed by atoms with Crippen LogP contribution in [0.15, 0.2) is 35.0 Å². The van der Waals surface area contributed by atoms with Gasteiger partial charge in [0.25, 0.3) is 0 Å². The largest absolute Gasteiger partial charge is 0.402 e. The molecule has 0 radical (unpaired) electrons. The van der Waals surface area contributed by atoms with E-state index in [2.05, 4.69) is 9.98 Å². The summed E-state index contributed by atoms with van der Waals surface area (Å²) in [6.45, 7) is 0. The number of ether oxygens (including phenoxy) is 1. The topological polar surface area (TPSA) is 51.5 Å². The van der Waals surface area contributed by atoms with Crippen LogP contribution < -0.4 is 0 Å². The van der Waals surface area contributed by atoms with Gasteiger partial charge in [0.05, 0.1) is 4.88 Å². The molecule has 1 aliphatic heterocycles. The molecule has 3 rings (SSSR count). The van der Waals surface area contributed by atoms with Crippen LogP contribution in [0.5, 0.6) is 0 Å². The second kappa shape index (κ2) is 5.55. The molecule has 0 unspecified atom stereocenters. The number of cyclic esters (lactones) is 1. The lowest BCUT2D eigenvalue weighted by atomic mass is 10.2. The summed E-state index contributed by atoms with van der Waals surface area (Å²) in [4.78, 5) is 20.1. The quantitative estimate of drug-likeness (QED) is 0.613. The van der Waals surface area contributed by atoms with Crippen molar-refractivity contribution in [2.75, 3.05) is 0 Å². The summed E-state index contributed by atoms with van der Waals surface area (Å²) in [6, 6.07) is 5.61. The molecule has 1 aromatic carbocycles. The Kier molecular flexibility index (Phi) is 3.75. The van der Waals surface area contributed by atoms with Crippen LogP contribution in [-0.2, 0) is 9.53 Å². The van der Waals surface area contributed by atoms with Crippen LogP contribution in [-0.4, -0.2) is 16.9 Å². The summed E-state index contributed by atoms with van der Waals surface area (Å²) in [6.07, 6.45) is 1.43. The van der Waals surface area contributed by atoms with Crippen molar-refractivity contribution in [3.05, 3.63) is 55.8 Å². The number of rotatable bonds is 2. The minimum Gasteiger partial charge on any atom is -0.402 e. The highest BCUT2D eigenvalue weighted by molar-refractivity contribution is 7.17. The number of esters is 1. The molecule has 21 heavy (non-hydrogen) atoms. The molecule has 1 aromatic heterocycles. The number of nitrogens with zero attached hydrogens (tertiary/aromatic N) is 2. The summed E-state index contributed by atoms with van der Waals surface area (Å²) in [5.41, 5.74) is 0.427. The van der Waals surface area contributed by atoms with Crippen LogP contribution in [0.4, 0.5) is 4.39 Å². The number of halogens is 3. The minimum absolute atomic E-state index is 0.0393. The lowest BCUT2D eigenvalue weighted by Crippen LogP contribution is -2.05. The van der Waals surface area contributed by atoms with Gasteiger partial charge in [-0.25, -0.2) is 19.2 Å². The Balaban J connectivity index is 1.97. The van der Waals surface area contributed by atoms with E-state index in [1.54, 1.807) is 6.07 Å². The highest BCUT2D eigenvalue weighted by Crippen LogP contribution is 2.30. The van der Waals surface area contributed by atoms with Gasteiger partial charge < -0.3 is 4.74 Å². The van der Waals surface area contributed by atoms with E-state index in [-0.39, 0.29) is 21.2 Å². The number of hydrogen-bond acceptors (Lipinski definition) is 5. The fourth-order valence-corrected chi connectivity index (χ4v) is 2.96. The van der Waals surface area contributed by atoms with E-state index in [9.17, 15) is 9.18 Å². The van der Waals surface area contributed by atoms with E-state index < -0.39 is 11.8 Å². The van der Waals surface area contributed by atoms with Gasteiger partial charge in [0, 0.05) is 5.56 Å². The van der Waals surface area contributed by atoms with Crippen molar-refractivity contribution in [2.24, 2.45) is 4.99 Å². The molecule has 1 aliphatic rings. The number of carbonyl (C=O) groups excluding carboxylic acids is 1. The van der Waals surface area contributed by atoms with Crippen molar-refractivity contribution in [3.63, 3.8) is 0 Å². The molecule has 0 aliphatic carbocycles. The van der Waals surface area contributed by atoms with E-state index >= 15 is 0 Å². The molecule has 0 saturated heterocycles. The van der Waals surface area contributed by atoms with Gasteiger partial charge in [-0.05, 0) is 24.3 Å². The van der Waals surface area contributed by atoms with Gasteiger partial charge in [0.2, 0.25) is 5.90 Å². The molecule has 0 spiro atoms. The standard InChI is InChI=1S/C13H5Cl2FN2O2S/c14-10-9(21-13(15)18-10)5-8-12(19)20-11(17-8)6-2-1-3-7(16)4-6/h1-5H/b8-5-. The first-order chi connectivity index (χ1) is 10.0. The number of aliphatic imine (C=N–C) groups is 1. The minimum atomic E-state index is -0.644. The number of thiazole rings is 1. The summed E-state index contributed by atoms with van der Waals surface area (Å²) in [7, 11) is 0. The summed E-state index contributed by atoms with van der Waals surface area (Å²) in [5.74, 6) is -1.05. The number of aromatic nitrogens is 1. The molecule has 0 saturated carbocycles. The number of hydrogen-bond donors (Lipinski definition) is 0. The Morgan fingerprint density at radius 2 is 2.14 bits per heavy atom.